The van der Waals surface area contributed by atoms with E-state index in [0.717, 1.165) is 18.1 Å². The van der Waals surface area contributed by atoms with Crippen LogP contribution in [0.1, 0.15) is 19.4 Å². The van der Waals surface area contributed by atoms with Crippen LogP contribution in [0.3, 0.4) is 0 Å². The quantitative estimate of drug-likeness (QED) is 0.593. The van der Waals surface area contributed by atoms with Gasteiger partial charge in [0.05, 0.1) is 0 Å². The minimum Gasteiger partial charge on any atom is -0.222 e. The Labute approximate surface area is 95.3 Å². The summed E-state index contributed by atoms with van der Waals surface area (Å²) < 4.78 is 0. The molecule has 1 rings (SSSR count). The zero-order valence-electron chi connectivity index (χ0n) is 9.49. The Morgan fingerprint density at radius 3 is 1.75 bits per heavy atom. The van der Waals surface area contributed by atoms with Crippen molar-refractivity contribution < 1.29 is 9.59 Å². The Hall–Kier alpha value is -2.02. The van der Waals surface area contributed by atoms with Gasteiger partial charge in [0.15, 0.2) is 0 Å². The highest BCUT2D eigenvalue weighted by molar-refractivity contribution is 5.26. The standard InChI is InChI=1S/C10H14.2CHNO/c1-9(2)8-10-6-4-3-5-7-10;2*2-1-3/h3-7,9H,8H2,1-2H3;2*2H. The summed E-state index contributed by atoms with van der Waals surface area (Å²) in [6.45, 7) is 4.49. The Bertz CT molecular complexity index is 310. The topological polar surface area (TPSA) is 81.8 Å². The minimum atomic E-state index is 0.750. The molecule has 86 valence electrons. The van der Waals surface area contributed by atoms with Crippen molar-refractivity contribution >= 4 is 12.2 Å². The first-order valence-corrected chi connectivity index (χ1v) is 4.74. The van der Waals surface area contributed by atoms with Gasteiger partial charge in [0.2, 0.25) is 12.2 Å². The molecule has 4 nitrogen and oxygen atoms in total. The smallest absolute Gasteiger partial charge is 0.222 e. The molecule has 0 saturated heterocycles. The maximum absolute atomic E-state index is 8.35. The molecular formula is C12H16N2O2. The monoisotopic (exact) mass is 220 g/mol. The number of hydrogen-bond acceptors (Lipinski definition) is 4. The second-order valence-corrected chi connectivity index (χ2v) is 3.29. The van der Waals surface area contributed by atoms with Gasteiger partial charge in [0, 0.05) is 0 Å². The van der Waals surface area contributed by atoms with Crippen LogP contribution in [0.25, 0.3) is 0 Å². The second-order valence-electron chi connectivity index (χ2n) is 3.29. The number of hydrogen-bond donors (Lipinski definition) is 2. The number of nitrogens with one attached hydrogen (secondary N) is 2. The van der Waals surface area contributed by atoms with Crippen LogP contribution in [0.5, 0.6) is 0 Å². The van der Waals surface area contributed by atoms with Crippen molar-refractivity contribution in [2.45, 2.75) is 20.3 Å². The van der Waals surface area contributed by atoms with E-state index in [1.165, 1.54) is 12.0 Å². The van der Waals surface area contributed by atoms with Gasteiger partial charge in [-0.2, -0.15) is 0 Å². The first-order chi connectivity index (χ1) is 7.62. The lowest BCUT2D eigenvalue weighted by Crippen LogP contribution is -1.92. The van der Waals surface area contributed by atoms with E-state index < -0.39 is 0 Å². The molecule has 4 heteroatoms. The molecule has 1 aromatic rings. The second kappa shape index (κ2) is 13.0. The molecule has 2 N–H and O–H groups in total. The Morgan fingerprint density at radius 1 is 1.06 bits per heavy atom. The highest BCUT2D eigenvalue weighted by Gasteiger charge is 1.94. The van der Waals surface area contributed by atoms with E-state index in [-0.39, 0.29) is 0 Å². The summed E-state index contributed by atoms with van der Waals surface area (Å²) >= 11 is 0. The van der Waals surface area contributed by atoms with Crippen LogP contribution in [-0.4, -0.2) is 12.2 Å². The predicted octanol–water partition coefficient (Wildman–Crippen LogP) is 2.69. The molecule has 0 saturated carbocycles. The summed E-state index contributed by atoms with van der Waals surface area (Å²) in [4.78, 5) is 16.7. The normalized spacial score (nSPS) is 7.44. The van der Waals surface area contributed by atoms with E-state index >= 15 is 0 Å². The van der Waals surface area contributed by atoms with Gasteiger partial charge in [-0.25, -0.2) is 20.4 Å². The van der Waals surface area contributed by atoms with Gasteiger partial charge >= 0.3 is 0 Å². The molecule has 0 bridgehead atoms. The number of isocyanates is 2. The molecular weight excluding hydrogens is 204 g/mol. The Kier molecular flexibility index (Phi) is 13.3. The largest absolute Gasteiger partial charge is 0.231 e. The van der Waals surface area contributed by atoms with Crippen molar-refractivity contribution in [1.82, 2.24) is 0 Å². The Balaban J connectivity index is 0. The van der Waals surface area contributed by atoms with Crippen molar-refractivity contribution in [2.75, 3.05) is 0 Å². The SMILES string of the molecule is CC(C)Cc1ccccc1.N=C=O.N=C=O. The summed E-state index contributed by atoms with van der Waals surface area (Å²) in [6.07, 6.45) is 2.70. The predicted molar refractivity (Wildman–Crippen MR) is 61.8 cm³/mol. The molecule has 1 aromatic carbocycles. The average molecular weight is 220 g/mol. The van der Waals surface area contributed by atoms with Crippen LogP contribution in [0, 0.1) is 16.7 Å². The maximum atomic E-state index is 8.35. The summed E-state index contributed by atoms with van der Waals surface area (Å²) in [5, 5.41) is 10.8. The third-order valence-electron chi connectivity index (χ3n) is 1.49. The van der Waals surface area contributed by atoms with Crippen LogP contribution in [0.2, 0.25) is 0 Å². The van der Waals surface area contributed by atoms with Crippen LogP contribution in [-0.2, 0) is 16.0 Å². The van der Waals surface area contributed by atoms with Crippen molar-refractivity contribution in [1.29, 1.82) is 10.8 Å². The van der Waals surface area contributed by atoms with E-state index in [1.807, 2.05) is 0 Å². The van der Waals surface area contributed by atoms with Gasteiger partial charge in [-0.3, -0.25) is 0 Å². The molecule has 0 amide bonds. The third-order valence-corrected chi connectivity index (χ3v) is 1.49. The van der Waals surface area contributed by atoms with Crippen molar-refractivity contribution in [3.63, 3.8) is 0 Å². The molecule has 16 heavy (non-hydrogen) atoms. The van der Waals surface area contributed by atoms with Crippen LogP contribution < -0.4 is 0 Å². The van der Waals surface area contributed by atoms with E-state index in [1.54, 1.807) is 0 Å². The highest BCUT2D eigenvalue weighted by Crippen LogP contribution is 2.05. The fourth-order valence-electron chi connectivity index (χ4n) is 1.09. The van der Waals surface area contributed by atoms with Gasteiger partial charge < -0.3 is 0 Å². The lowest BCUT2D eigenvalue weighted by molar-refractivity contribution is 0.562. The first-order valence-electron chi connectivity index (χ1n) is 4.74. The third kappa shape index (κ3) is 14.5. The molecule has 0 unspecified atom stereocenters. The molecule has 0 fully saturated rings. The highest BCUT2D eigenvalue weighted by atomic mass is 16.1. The summed E-state index contributed by atoms with van der Waals surface area (Å²) in [5.74, 6) is 0.766. The minimum absolute atomic E-state index is 0.750. The molecule has 0 heterocycles. The van der Waals surface area contributed by atoms with Crippen LogP contribution >= 0.6 is 0 Å². The molecule has 0 aromatic heterocycles. The number of rotatable bonds is 2. The average Bonchev–Trinajstić information content (AvgIpc) is 2.20. The van der Waals surface area contributed by atoms with Gasteiger partial charge in [-0.15, -0.1) is 0 Å². The summed E-state index contributed by atoms with van der Waals surface area (Å²) in [7, 11) is 0. The van der Waals surface area contributed by atoms with E-state index in [0.29, 0.717) is 0 Å². The number of benzene rings is 1. The van der Waals surface area contributed by atoms with E-state index in [4.69, 9.17) is 20.4 Å². The van der Waals surface area contributed by atoms with Crippen molar-refractivity contribution in [3.05, 3.63) is 35.9 Å². The summed E-state index contributed by atoms with van der Waals surface area (Å²) in [6, 6.07) is 10.6. The van der Waals surface area contributed by atoms with Crippen molar-refractivity contribution in [3.8, 4) is 0 Å². The van der Waals surface area contributed by atoms with Gasteiger partial charge in [0.1, 0.15) is 0 Å². The summed E-state index contributed by atoms with van der Waals surface area (Å²) in [5.41, 5.74) is 1.44. The maximum Gasteiger partial charge on any atom is 0.231 e. The van der Waals surface area contributed by atoms with E-state index in [9.17, 15) is 0 Å². The van der Waals surface area contributed by atoms with Gasteiger partial charge in [0.25, 0.3) is 0 Å². The van der Waals surface area contributed by atoms with Crippen LogP contribution in [0.15, 0.2) is 30.3 Å². The lowest BCUT2D eigenvalue weighted by Gasteiger charge is -2.02. The van der Waals surface area contributed by atoms with Gasteiger partial charge in [-0.05, 0) is 17.9 Å². The van der Waals surface area contributed by atoms with Crippen LogP contribution in [0.4, 0.5) is 0 Å². The molecule has 0 atom stereocenters. The van der Waals surface area contributed by atoms with Crippen molar-refractivity contribution in [2.24, 2.45) is 5.92 Å². The molecule has 0 aliphatic carbocycles. The Morgan fingerprint density at radius 2 is 1.44 bits per heavy atom. The zero-order chi connectivity index (χ0) is 12.8. The zero-order valence-corrected chi connectivity index (χ0v) is 9.49. The first kappa shape index (κ1) is 16.4. The number of carbonyl (C=O) groups excluding carboxylic acids is 2. The van der Waals surface area contributed by atoms with Gasteiger partial charge in [-0.1, -0.05) is 44.2 Å². The fraction of sp³-hybridized carbons (Fsp3) is 0.333. The molecule has 0 aliphatic heterocycles. The fourth-order valence-corrected chi connectivity index (χ4v) is 1.09. The van der Waals surface area contributed by atoms with E-state index in [2.05, 4.69) is 44.2 Å². The molecule has 0 aliphatic rings. The molecule has 0 radical (unpaired) electrons. The molecule has 0 spiro atoms. The lowest BCUT2D eigenvalue weighted by atomic mass is 10.0.